The number of urea groups is 1. The largest absolute Gasteiger partial charge is 0.493 e. The van der Waals surface area contributed by atoms with Crippen molar-refractivity contribution in [3.63, 3.8) is 0 Å². The van der Waals surface area contributed by atoms with Crippen LogP contribution in [-0.4, -0.2) is 52.8 Å². The van der Waals surface area contributed by atoms with E-state index in [0.717, 1.165) is 16.9 Å². The van der Waals surface area contributed by atoms with Gasteiger partial charge in [0, 0.05) is 32.2 Å². The van der Waals surface area contributed by atoms with Crippen molar-refractivity contribution in [2.75, 3.05) is 19.7 Å². The molecule has 184 valence electrons. The standard InChI is InChI=1S/C26H34FN3O4/c1-19(2)18-34-24-11-7-20(8-12-24)16-28-25(31)30(17-21-5-9-22(27)10-6-21)23-4-3-14-29(15-13-23)26(32)33/h5-12,19,23H,3-4,13-18H2,1-2H3,(H,28,31)(H,32,33)/t23-/m0/s1. The van der Waals surface area contributed by atoms with E-state index in [9.17, 15) is 19.1 Å². The number of likely N-dealkylation sites (tertiary alicyclic amines) is 1. The van der Waals surface area contributed by atoms with Gasteiger partial charge in [0.15, 0.2) is 0 Å². The van der Waals surface area contributed by atoms with Crippen LogP contribution in [0.4, 0.5) is 14.0 Å². The zero-order valence-electron chi connectivity index (χ0n) is 19.9. The lowest BCUT2D eigenvalue weighted by Gasteiger charge is -2.31. The fourth-order valence-electron chi connectivity index (χ4n) is 3.98. The molecule has 1 heterocycles. The molecule has 1 fully saturated rings. The normalized spacial score (nSPS) is 16.1. The van der Waals surface area contributed by atoms with Gasteiger partial charge in [-0.25, -0.2) is 14.0 Å². The Balaban J connectivity index is 1.66. The smallest absolute Gasteiger partial charge is 0.407 e. The maximum absolute atomic E-state index is 13.4. The molecule has 1 aliphatic heterocycles. The van der Waals surface area contributed by atoms with Crippen LogP contribution in [0.5, 0.6) is 5.75 Å². The number of hydrogen-bond acceptors (Lipinski definition) is 3. The third kappa shape index (κ3) is 7.64. The van der Waals surface area contributed by atoms with Crippen LogP contribution in [0.15, 0.2) is 48.5 Å². The van der Waals surface area contributed by atoms with Crippen LogP contribution in [0.2, 0.25) is 0 Å². The highest BCUT2D eigenvalue weighted by Crippen LogP contribution is 2.21. The molecule has 1 atom stereocenters. The number of carboxylic acid groups (broad SMARTS) is 1. The number of nitrogens with one attached hydrogen (secondary N) is 1. The molecule has 2 aromatic rings. The predicted molar refractivity (Wildman–Crippen MR) is 128 cm³/mol. The quantitative estimate of drug-likeness (QED) is 0.561. The Morgan fingerprint density at radius 1 is 1.09 bits per heavy atom. The van der Waals surface area contributed by atoms with Crippen LogP contribution >= 0.6 is 0 Å². The maximum atomic E-state index is 13.4. The Kier molecular flexibility index (Phi) is 9.13. The van der Waals surface area contributed by atoms with Crippen LogP contribution in [0.3, 0.4) is 0 Å². The van der Waals surface area contributed by atoms with Crippen molar-refractivity contribution in [2.45, 2.75) is 52.2 Å². The first-order valence-electron chi connectivity index (χ1n) is 11.8. The summed E-state index contributed by atoms with van der Waals surface area (Å²) in [4.78, 5) is 27.8. The molecular formula is C26H34FN3O4. The summed E-state index contributed by atoms with van der Waals surface area (Å²) >= 11 is 0. The SMILES string of the molecule is CC(C)COc1ccc(CNC(=O)N(Cc2ccc(F)cc2)[C@H]2CCCN(C(=O)O)CC2)cc1. The number of halogens is 1. The van der Waals surface area contributed by atoms with Crippen LogP contribution in [0.1, 0.15) is 44.2 Å². The number of hydrogen-bond donors (Lipinski definition) is 2. The molecule has 0 aliphatic carbocycles. The lowest BCUT2D eigenvalue weighted by molar-refractivity contribution is 0.143. The fraction of sp³-hybridized carbons (Fsp3) is 0.462. The van der Waals surface area contributed by atoms with Gasteiger partial charge in [0.2, 0.25) is 0 Å². The van der Waals surface area contributed by atoms with Gasteiger partial charge in [-0.15, -0.1) is 0 Å². The van der Waals surface area contributed by atoms with Gasteiger partial charge >= 0.3 is 12.1 Å². The van der Waals surface area contributed by atoms with Gasteiger partial charge in [-0.2, -0.15) is 0 Å². The third-order valence-corrected chi connectivity index (χ3v) is 5.89. The second kappa shape index (κ2) is 12.3. The van der Waals surface area contributed by atoms with Crippen molar-refractivity contribution < 1.29 is 23.8 Å². The molecule has 34 heavy (non-hydrogen) atoms. The molecule has 8 heteroatoms. The maximum Gasteiger partial charge on any atom is 0.407 e. The van der Waals surface area contributed by atoms with E-state index in [4.69, 9.17) is 4.74 Å². The molecule has 0 radical (unpaired) electrons. The Bertz CT molecular complexity index is 934. The molecule has 3 rings (SSSR count). The second-order valence-electron chi connectivity index (χ2n) is 9.12. The molecule has 2 N–H and O–H groups in total. The van der Waals surface area contributed by atoms with Gasteiger partial charge in [-0.1, -0.05) is 38.1 Å². The summed E-state index contributed by atoms with van der Waals surface area (Å²) in [6.45, 7) is 6.36. The molecule has 0 spiro atoms. The number of benzene rings is 2. The number of ether oxygens (including phenoxy) is 1. The zero-order chi connectivity index (χ0) is 24.5. The van der Waals surface area contributed by atoms with Gasteiger partial charge in [0.05, 0.1) is 6.61 Å². The van der Waals surface area contributed by atoms with E-state index in [1.54, 1.807) is 17.0 Å². The average Bonchev–Trinajstić information content (AvgIpc) is 3.08. The van der Waals surface area contributed by atoms with E-state index in [-0.39, 0.29) is 17.9 Å². The summed E-state index contributed by atoms with van der Waals surface area (Å²) in [5.74, 6) is 0.910. The minimum Gasteiger partial charge on any atom is -0.493 e. The number of nitrogens with zero attached hydrogens (tertiary/aromatic N) is 2. The Morgan fingerprint density at radius 2 is 1.76 bits per heavy atom. The molecule has 1 aliphatic rings. The van der Waals surface area contributed by atoms with Crippen LogP contribution in [0.25, 0.3) is 0 Å². The van der Waals surface area contributed by atoms with Crippen LogP contribution in [0, 0.1) is 11.7 Å². The van der Waals surface area contributed by atoms with E-state index in [1.807, 2.05) is 24.3 Å². The summed E-state index contributed by atoms with van der Waals surface area (Å²) in [5.41, 5.74) is 1.77. The van der Waals surface area contributed by atoms with Crippen molar-refractivity contribution in [3.8, 4) is 5.75 Å². The summed E-state index contributed by atoms with van der Waals surface area (Å²) in [6.07, 6.45) is 1.02. The first-order valence-corrected chi connectivity index (χ1v) is 11.8. The highest BCUT2D eigenvalue weighted by molar-refractivity contribution is 5.74. The van der Waals surface area contributed by atoms with E-state index < -0.39 is 6.09 Å². The van der Waals surface area contributed by atoms with Crippen LogP contribution < -0.4 is 10.1 Å². The number of carbonyl (C=O) groups excluding carboxylic acids is 1. The summed E-state index contributed by atoms with van der Waals surface area (Å²) in [6, 6.07) is 13.4. The minimum atomic E-state index is -0.934. The third-order valence-electron chi connectivity index (χ3n) is 5.89. The van der Waals surface area contributed by atoms with Gasteiger partial charge in [-0.3, -0.25) is 0 Å². The molecule has 2 aromatic carbocycles. The Labute approximate surface area is 200 Å². The number of amides is 3. The molecule has 0 saturated carbocycles. The zero-order valence-corrected chi connectivity index (χ0v) is 19.9. The van der Waals surface area contributed by atoms with Crippen molar-refractivity contribution in [2.24, 2.45) is 5.92 Å². The van der Waals surface area contributed by atoms with Crippen LogP contribution in [-0.2, 0) is 13.1 Å². The molecule has 7 nitrogen and oxygen atoms in total. The second-order valence-corrected chi connectivity index (χ2v) is 9.12. The van der Waals surface area contributed by atoms with Gasteiger partial charge < -0.3 is 25.0 Å². The first kappa shape index (κ1) is 25.3. The van der Waals surface area contributed by atoms with Gasteiger partial charge in [0.1, 0.15) is 11.6 Å². The average molecular weight is 472 g/mol. The predicted octanol–water partition coefficient (Wildman–Crippen LogP) is 5.10. The van der Waals surface area contributed by atoms with Crippen molar-refractivity contribution >= 4 is 12.1 Å². The topological polar surface area (TPSA) is 82.1 Å². The van der Waals surface area contributed by atoms with Gasteiger partial charge in [-0.05, 0) is 60.6 Å². The molecule has 0 unspecified atom stereocenters. The number of carbonyl (C=O) groups is 2. The summed E-state index contributed by atoms with van der Waals surface area (Å²) < 4.78 is 19.1. The molecule has 1 saturated heterocycles. The Morgan fingerprint density at radius 3 is 2.41 bits per heavy atom. The first-order chi connectivity index (χ1) is 16.3. The highest BCUT2D eigenvalue weighted by atomic mass is 19.1. The lowest BCUT2D eigenvalue weighted by atomic mass is 10.1. The van der Waals surface area contributed by atoms with E-state index in [2.05, 4.69) is 19.2 Å². The molecule has 0 bridgehead atoms. The van der Waals surface area contributed by atoms with Crippen molar-refractivity contribution in [1.29, 1.82) is 0 Å². The Hall–Kier alpha value is -3.29. The molecular weight excluding hydrogens is 437 g/mol. The monoisotopic (exact) mass is 471 g/mol. The van der Waals surface area contributed by atoms with E-state index in [1.165, 1.54) is 17.0 Å². The highest BCUT2D eigenvalue weighted by Gasteiger charge is 2.28. The molecule has 3 amide bonds. The minimum absolute atomic E-state index is 0.110. The number of rotatable bonds is 8. The lowest BCUT2D eigenvalue weighted by Crippen LogP contribution is -2.46. The fourth-order valence-corrected chi connectivity index (χ4v) is 3.98. The van der Waals surface area contributed by atoms with E-state index in [0.29, 0.717) is 58.0 Å². The van der Waals surface area contributed by atoms with E-state index >= 15 is 0 Å². The van der Waals surface area contributed by atoms with Gasteiger partial charge in [0.25, 0.3) is 0 Å². The summed E-state index contributed by atoms with van der Waals surface area (Å²) in [7, 11) is 0. The molecule has 0 aromatic heterocycles. The van der Waals surface area contributed by atoms with Crippen molar-refractivity contribution in [3.05, 3.63) is 65.5 Å². The van der Waals surface area contributed by atoms with Crippen molar-refractivity contribution in [1.82, 2.24) is 15.1 Å². The summed E-state index contributed by atoms with van der Waals surface area (Å²) in [5, 5.41) is 12.3.